The van der Waals surface area contributed by atoms with Crippen LogP contribution in [0.2, 0.25) is 0 Å². The van der Waals surface area contributed by atoms with Crippen molar-refractivity contribution in [1.29, 1.82) is 0 Å². The van der Waals surface area contributed by atoms with E-state index in [-0.39, 0.29) is 31.6 Å². The Labute approximate surface area is 186 Å². The van der Waals surface area contributed by atoms with Gasteiger partial charge < -0.3 is 5.32 Å². The number of hydrogen-bond acceptors (Lipinski definition) is 5. The van der Waals surface area contributed by atoms with Crippen molar-refractivity contribution in [3.05, 3.63) is 76.6 Å². The first kappa shape index (κ1) is 23.2. The fourth-order valence-electron chi connectivity index (χ4n) is 2.79. The van der Waals surface area contributed by atoms with E-state index in [1.807, 2.05) is 60.2 Å². The lowest BCUT2D eigenvalue weighted by Crippen LogP contribution is -2.42. The van der Waals surface area contributed by atoms with Crippen LogP contribution in [0.5, 0.6) is 0 Å². The van der Waals surface area contributed by atoms with Gasteiger partial charge in [-0.2, -0.15) is 25.3 Å². The molecule has 0 saturated heterocycles. The van der Waals surface area contributed by atoms with Crippen molar-refractivity contribution in [2.75, 3.05) is 12.0 Å². The summed E-state index contributed by atoms with van der Waals surface area (Å²) in [6.07, 6.45) is 2.83. The Morgan fingerprint density at radius 1 is 1.07 bits per heavy atom. The Hall–Kier alpha value is -2.09. The second-order valence-electron chi connectivity index (χ2n) is 6.31. The van der Waals surface area contributed by atoms with Gasteiger partial charge in [0.05, 0.1) is 18.2 Å². The highest BCUT2D eigenvalue weighted by Crippen LogP contribution is 2.22. The molecule has 7 heteroatoms. The van der Waals surface area contributed by atoms with E-state index < -0.39 is 6.04 Å². The first-order valence-electron chi connectivity index (χ1n) is 9.04. The van der Waals surface area contributed by atoms with E-state index in [2.05, 4.69) is 10.3 Å². The van der Waals surface area contributed by atoms with Crippen molar-refractivity contribution in [3.8, 4) is 11.3 Å². The first-order valence-corrected chi connectivity index (χ1v) is 11.3. The number of hydrogen-bond donors (Lipinski definition) is 1. The van der Waals surface area contributed by atoms with Crippen molar-refractivity contribution < 1.29 is 9.59 Å². The topological polar surface area (TPSA) is 59.1 Å². The lowest BCUT2D eigenvalue weighted by molar-refractivity contribution is -0.120. The molecule has 1 aromatic heterocycles. The molecule has 0 fully saturated rings. The number of thioether (sulfide) groups is 1. The van der Waals surface area contributed by atoms with Crippen molar-refractivity contribution in [1.82, 2.24) is 10.3 Å². The van der Waals surface area contributed by atoms with Crippen LogP contribution in [0.15, 0.2) is 66.0 Å². The van der Waals surface area contributed by atoms with Crippen LogP contribution in [0.25, 0.3) is 11.3 Å². The van der Waals surface area contributed by atoms with Gasteiger partial charge in [-0.25, -0.2) is 4.98 Å². The summed E-state index contributed by atoms with van der Waals surface area (Å²) in [6.45, 7) is 0. The van der Waals surface area contributed by atoms with E-state index in [0.717, 1.165) is 22.0 Å². The predicted molar refractivity (Wildman–Crippen MR) is 127 cm³/mol. The van der Waals surface area contributed by atoms with E-state index in [1.54, 1.807) is 23.9 Å². The molecule has 0 radical (unpaired) electrons. The molecule has 0 aliphatic carbocycles. The monoisotopic (exact) mass is 444 g/mol. The maximum Gasteiger partial charge on any atom is 0.251 e. The lowest BCUT2D eigenvalue weighted by atomic mass is 10.1. The minimum atomic E-state index is -0.510. The molecule has 0 aliphatic heterocycles. The van der Waals surface area contributed by atoms with Gasteiger partial charge in [0.25, 0.3) is 5.91 Å². The molecule has 0 bridgehead atoms. The molecule has 0 saturated carbocycles. The molecule has 1 atom stereocenters. The normalized spacial score (nSPS) is 11.3. The van der Waals surface area contributed by atoms with Crippen molar-refractivity contribution >= 4 is 48.3 Å². The van der Waals surface area contributed by atoms with Crippen LogP contribution in [-0.2, 0) is 11.2 Å². The van der Waals surface area contributed by atoms with Crippen LogP contribution in [0.4, 0.5) is 0 Å². The van der Waals surface area contributed by atoms with Gasteiger partial charge in [-0.3, -0.25) is 9.59 Å². The van der Waals surface area contributed by atoms with Crippen LogP contribution in [0.1, 0.15) is 21.8 Å². The van der Waals surface area contributed by atoms with Gasteiger partial charge >= 0.3 is 0 Å². The standard InChI is InChI=1S/C22H22N2O2S2.H2S/c1-27-13-12-18(24-22(26)17-10-6-3-7-11-17)20(25)14-21-23-19(15-28-21)16-8-4-2-5-9-16;/h2-11,15,18H,12-14H2,1H3,(H,24,26);1H2/t18-;/m0./s1. The maximum absolute atomic E-state index is 12.9. The van der Waals surface area contributed by atoms with Crippen LogP contribution in [0.3, 0.4) is 0 Å². The van der Waals surface area contributed by atoms with E-state index >= 15 is 0 Å². The number of thiazole rings is 1. The van der Waals surface area contributed by atoms with Gasteiger partial charge in [-0.05, 0) is 30.6 Å². The fourth-order valence-corrected chi connectivity index (χ4v) is 4.07. The summed E-state index contributed by atoms with van der Waals surface area (Å²) in [7, 11) is 0. The average Bonchev–Trinajstić information content (AvgIpc) is 3.20. The number of amides is 1. The minimum absolute atomic E-state index is 0. The van der Waals surface area contributed by atoms with Gasteiger partial charge in [0.15, 0.2) is 5.78 Å². The SMILES string of the molecule is CSCC[C@H](NC(=O)c1ccccc1)C(=O)Cc1nc(-c2ccccc2)cs1.S. The van der Waals surface area contributed by atoms with E-state index in [0.29, 0.717) is 12.0 Å². The zero-order valence-electron chi connectivity index (χ0n) is 16.1. The molecule has 152 valence electrons. The highest BCUT2D eigenvalue weighted by Gasteiger charge is 2.22. The summed E-state index contributed by atoms with van der Waals surface area (Å²) in [4.78, 5) is 30.0. The van der Waals surface area contributed by atoms with Gasteiger partial charge in [-0.1, -0.05) is 48.5 Å². The third kappa shape index (κ3) is 6.73. The third-order valence-corrected chi connectivity index (χ3v) is 5.78. The van der Waals surface area contributed by atoms with Gasteiger partial charge in [0.1, 0.15) is 5.01 Å². The Kier molecular flexibility index (Phi) is 9.44. The summed E-state index contributed by atoms with van der Waals surface area (Å²) < 4.78 is 0. The molecule has 1 amide bonds. The molecule has 0 unspecified atom stereocenters. The zero-order chi connectivity index (χ0) is 19.8. The molecule has 3 aromatic rings. The summed E-state index contributed by atoms with van der Waals surface area (Å²) in [5.41, 5.74) is 2.47. The zero-order valence-corrected chi connectivity index (χ0v) is 18.8. The third-order valence-electron chi connectivity index (χ3n) is 4.29. The Bertz CT molecular complexity index is 914. The summed E-state index contributed by atoms with van der Waals surface area (Å²) in [5, 5.41) is 5.64. The number of ketones is 1. The van der Waals surface area contributed by atoms with Crippen LogP contribution in [-0.4, -0.2) is 34.7 Å². The van der Waals surface area contributed by atoms with Crippen molar-refractivity contribution in [2.45, 2.75) is 18.9 Å². The van der Waals surface area contributed by atoms with Crippen LogP contribution in [0, 0.1) is 0 Å². The van der Waals surface area contributed by atoms with E-state index in [1.165, 1.54) is 11.3 Å². The lowest BCUT2D eigenvalue weighted by Gasteiger charge is -2.17. The smallest absolute Gasteiger partial charge is 0.251 e. The Morgan fingerprint density at radius 2 is 1.72 bits per heavy atom. The van der Waals surface area contributed by atoms with Gasteiger partial charge in [0, 0.05) is 16.5 Å². The van der Waals surface area contributed by atoms with E-state index in [9.17, 15) is 9.59 Å². The van der Waals surface area contributed by atoms with E-state index in [4.69, 9.17) is 0 Å². The summed E-state index contributed by atoms with van der Waals surface area (Å²) in [5.74, 6) is 0.579. The Balaban J connectivity index is 0.00000300. The van der Waals surface area contributed by atoms with Crippen LogP contribution < -0.4 is 5.32 Å². The number of benzene rings is 2. The fraction of sp³-hybridized carbons (Fsp3) is 0.227. The molecule has 1 N–H and O–H groups in total. The van der Waals surface area contributed by atoms with Gasteiger partial charge in [-0.15, -0.1) is 11.3 Å². The van der Waals surface area contributed by atoms with Crippen molar-refractivity contribution in [2.24, 2.45) is 0 Å². The molecule has 3 rings (SSSR count). The molecule has 0 spiro atoms. The van der Waals surface area contributed by atoms with Gasteiger partial charge in [0.2, 0.25) is 0 Å². The number of nitrogens with zero attached hydrogens (tertiary/aromatic N) is 1. The summed E-state index contributed by atoms with van der Waals surface area (Å²) >= 11 is 3.14. The predicted octanol–water partition coefficient (Wildman–Crippen LogP) is 4.59. The summed E-state index contributed by atoms with van der Waals surface area (Å²) in [6, 6.07) is 18.4. The average molecular weight is 445 g/mol. The molecular weight excluding hydrogens is 420 g/mol. The highest BCUT2D eigenvalue weighted by molar-refractivity contribution is 7.98. The molecule has 2 aromatic carbocycles. The highest BCUT2D eigenvalue weighted by atomic mass is 32.2. The number of carbonyl (C=O) groups excluding carboxylic acids is 2. The number of aromatic nitrogens is 1. The number of carbonyl (C=O) groups is 2. The quantitative estimate of drug-likeness (QED) is 0.525. The number of Topliss-reactive ketones (excluding diaryl/α,β-unsaturated/α-hetero) is 1. The number of rotatable bonds is 9. The Morgan fingerprint density at radius 3 is 2.38 bits per heavy atom. The van der Waals surface area contributed by atoms with Crippen LogP contribution >= 0.6 is 36.6 Å². The minimum Gasteiger partial charge on any atom is -0.342 e. The first-order chi connectivity index (χ1) is 13.7. The largest absolute Gasteiger partial charge is 0.342 e. The molecular formula is C22H24N2O2S3. The second kappa shape index (κ2) is 11.8. The maximum atomic E-state index is 12.9. The van der Waals surface area contributed by atoms with Crippen molar-refractivity contribution in [3.63, 3.8) is 0 Å². The molecule has 4 nitrogen and oxygen atoms in total. The molecule has 29 heavy (non-hydrogen) atoms. The number of nitrogens with one attached hydrogen (secondary N) is 1. The molecule has 1 heterocycles. The molecule has 0 aliphatic rings. The second-order valence-corrected chi connectivity index (χ2v) is 8.24.